The highest BCUT2D eigenvalue weighted by molar-refractivity contribution is 8.02. The van der Waals surface area contributed by atoms with Crippen molar-refractivity contribution in [3.05, 3.63) is 23.6 Å². The molecule has 0 saturated carbocycles. The number of allylic oxidation sites excluding steroid dienone is 2. The molecule has 30 valence electrons. The van der Waals surface area contributed by atoms with Crippen LogP contribution in [0.4, 0.5) is 0 Å². The van der Waals surface area contributed by atoms with Crippen LogP contribution in [0.5, 0.6) is 0 Å². The summed E-state index contributed by atoms with van der Waals surface area (Å²) in [6.45, 7) is 0. The molecule has 0 aliphatic carbocycles. The van der Waals surface area contributed by atoms with Gasteiger partial charge in [0.2, 0.25) is 0 Å². The Kier molecular flexibility index (Phi) is 1.31. The van der Waals surface area contributed by atoms with Gasteiger partial charge in [0, 0.05) is 0 Å². The summed E-state index contributed by atoms with van der Waals surface area (Å²) in [5.74, 6) is 1.09. The lowest BCUT2D eigenvalue weighted by Crippen LogP contribution is -1.68. The van der Waals surface area contributed by atoms with Crippen molar-refractivity contribution in [2.75, 3.05) is 5.75 Å². The van der Waals surface area contributed by atoms with Crippen LogP contribution in [-0.2, 0) is 0 Å². The van der Waals surface area contributed by atoms with E-state index in [0.717, 1.165) is 5.75 Å². The Balaban J connectivity index is 2.46. The minimum absolute atomic E-state index is 1.09. The third kappa shape index (κ3) is 0.852. The number of hydrogen-bond acceptors (Lipinski definition) is 1. The van der Waals surface area contributed by atoms with E-state index >= 15 is 0 Å². The molecule has 0 saturated heterocycles. The molecule has 0 spiro atoms. The van der Waals surface area contributed by atoms with Gasteiger partial charge in [-0.15, -0.1) is 0 Å². The van der Waals surface area contributed by atoms with Gasteiger partial charge in [-0.3, -0.25) is 0 Å². The third-order valence-electron chi connectivity index (χ3n) is 0.558. The molecule has 0 amide bonds. The molecule has 0 radical (unpaired) electrons. The fraction of sp³-hybridized carbons (Fsp3) is 0.200. The lowest BCUT2D eigenvalue weighted by molar-refractivity contribution is 1.70. The van der Waals surface area contributed by atoms with E-state index in [2.05, 4.69) is 6.08 Å². The highest BCUT2D eigenvalue weighted by Crippen LogP contribution is 2.05. The van der Waals surface area contributed by atoms with Crippen molar-refractivity contribution < 1.29 is 0 Å². The first-order valence-corrected chi connectivity index (χ1v) is 2.89. The normalized spacial score (nSPS) is 17.3. The van der Waals surface area contributed by atoms with E-state index in [-0.39, 0.29) is 0 Å². The zero-order valence-corrected chi connectivity index (χ0v) is 4.16. The van der Waals surface area contributed by atoms with Crippen LogP contribution in [0.25, 0.3) is 0 Å². The minimum Gasteiger partial charge on any atom is -0.0239 e. The van der Waals surface area contributed by atoms with Gasteiger partial charge in [-0.25, -0.2) is 0 Å². The summed E-state index contributed by atoms with van der Waals surface area (Å²) < 4.78 is 0. The molecular formula is C5H5S+. The van der Waals surface area contributed by atoms with Gasteiger partial charge in [0.15, 0.2) is 6.08 Å². The summed E-state index contributed by atoms with van der Waals surface area (Å²) in [6.07, 6.45) is 6.90. The van der Waals surface area contributed by atoms with E-state index in [4.69, 9.17) is 0 Å². The van der Waals surface area contributed by atoms with Crippen molar-refractivity contribution in [1.82, 2.24) is 0 Å². The molecule has 0 N–H and O–H groups in total. The SMILES string of the molecule is [C+]1=CCSC=C1. The monoisotopic (exact) mass is 97.0 g/mol. The van der Waals surface area contributed by atoms with Gasteiger partial charge in [-0.2, -0.15) is 0 Å². The highest BCUT2D eigenvalue weighted by Gasteiger charge is 1.90. The molecule has 0 bridgehead atoms. The Hall–Kier alpha value is -0.260. The summed E-state index contributed by atoms with van der Waals surface area (Å²) in [5, 5.41) is 2.04. The summed E-state index contributed by atoms with van der Waals surface area (Å²) >= 11 is 1.80. The van der Waals surface area contributed by atoms with Crippen molar-refractivity contribution >= 4 is 11.8 Å². The molecule has 0 nitrogen and oxygen atoms in total. The Labute approximate surface area is 41.9 Å². The fourth-order valence-electron chi connectivity index (χ4n) is 0.307. The van der Waals surface area contributed by atoms with E-state index in [9.17, 15) is 0 Å². The van der Waals surface area contributed by atoms with E-state index in [0.29, 0.717) is 0 Å². The summed E-state index contributed by atoms with van der Waals surface area (Å²) in [6, 6.07) is 0. The molecule has 0 aromatic carbocycles. The Morgan fingerprint density at radius 2 is 2.67 bits per heavy atom. The zero-order valence-electron chi connectivity index (χ0n) is 3.35. The van der Waals surface area contributed by atoms with Crippen LogP contribution in [-0.4, -0.2) is 5.75 Å². The molecule has 0 unspecified atom stereocenters. The average molecular weight is 97.2 g/mol. The summed E-state index contributed by atoms with van der Waals surface area (Å²) in [5.41, 5.74) is 0. The van der Waals surface area contributed by atoms with Crippen molar-refractivity contribution in [2.24, 2.45) is 0 Å². The first-order valence-electron chi connectivity index (χ1n) is 1.84. The second kappa shape index (κ2) is 2.01. The van der Waals surface area contributed by atoms with Gasteiger partial charge in [0.05, 0.1) is 17.9 Å². The first kappa shape index (κ1) is 3.91. The topological polar surface area (TPSA) is 0 Å². The van der Waals surface area contributed by atoms with Crippen molar-refractivity contribution in [1.29, 1.82) is 0 Å². The summed E-state index contributed by atoms with van der Waals surface area (Å²) in [7, 11) is 0. The van der Waals surface area contributed by atoms with Crippen LogP contribution in [0.2, 0.25) is 0 Å². The maximum Gasteiger partial charge on any atom is 0.166 e. The molecular weight excluding hydrogens is 92.1 g/mol. The van der Waals surface area contributed by atoms with Crippen LogP contribution >= 0.6 is 11.8 Å². The standard InChI is InChI=1S/C5H5S/c1-2-4-6-5-3-1/h2-4H,5H2/q+1. The molecule has 1 aliphatic heterocycles. The van der Waals surface area contributed by atoms with Crippen LogP contribution in [0.3, 0.4) is 0 Å². The second-order valence-corrected chi connectivity index (χ2v) is 1.95. The average Bonchev–Trinajstić information content (AvgIpc) is 1.72. The molecule has 0 aromatic heterocycles. The quantitative estimate of drug-likeness (QED) is 0.414. The Morgan fingerprint density at radius 3 is 2.83 bits per heavy atom. The van der Waals surface area contributed by atoms with E-state index in [1.165, 1.54) is 0 Å². The molecule has 1 aliphatic rings. The first-order chi connectivity index (χ1) is 3.00. The predicted octanol–water partition coefficient (Wildman–Crippen LogP) is 1.61. The highest BCUT2D eigenvalue weighted by atomic mass is 32.2. The number of hydrogen-bond donors (Lipinski definition) is 0. The number of rotatable bonds is 0. The van der Waals surface area contributed by atoms with Crippen LogP contribution < -0.4 is 0 Å². The summed E-state index contributed by atoms with van der Waals surface area (Å²) in [4.78, 5) is 0. The molecule has 0 aromatic rings. The van der Waals surface area contributed by atoms with E-state index in [1.54, 1.807) is 11.8 Å². The second-order valence-electron chi connectivity index (χ2n) is 1.01. The number of thioether (sulfide) groups is 1. The van der Waals surface area contributed by atoms with Crippen molar-refractivity contribution in [2.45, 2.75) is 0 Å². The lowest BCUT2D eigenvalue weighted by atomic mass is 10.5. The molecule has 0 fully saturated rings. The lowest BCUT2D eigenvalue weighted by Gasteiger charge is -1.76. The van der Waals surface area contributed by atoms with E-state index < -0.39 is 0 Å². The molecule has 6 heavy (non-hydrogen) atoms. The van der Waals surface area contributed by atoms with Gasteiger partial charge >= 0.3 is 0 Å². The fourth-order valence-corrected chi connectivity index (χ4v) is 0.786. The minimum atomic E-state index is 1.09. The largest absolute Gasteiger partial charge is 0.166 e. The zero-order chi connectivity index (χ0) is 4.24. The van der Waals surface area contributed by atoms with Gasteiger partial charge in [0.1, 0.15) is 5.41 Å². The molecule has 1 heterocycles. The molecule has 1 heteroatoms. The van der Waals surface area contributed by atoms with Gasteiger partial charge in [0.25, 0.3) is 0 Å². The third-order valence-corrected chi connectivity index (χ3v) is 1.25. The Bertz CT molecular complexity index is 69.9. The van der Waals surface area contributed by atoms with Crippen LogP contribution in [0, 0.1) is 6.08 Å². The van der Waals surface area contributed by atoms with Crippen LogP contribution in [0.1, 0.15) is 0 Å². The van der Waals surface area contributed by atoms with Gasteiger partial charge < -0.3 is 0 Å². The van der Waals surface area contributed by atoms with Gasteiger partial charge in [-0.1, -0.05) is 0 Å². The Morgan fingerprint density at radius 1 is 1.67 bits per heavy atom. The maximum atomic E-state index is 2.96. The van der Waals surface area contributed by atoms with Crippen molar-refractivity contribution in [3.63, 3.8) is 0 Å². The van der Waals surface area contributed by atoms with E-state index in [1.807, 2.05) is 17.6 Å². The van der Waals surface area contributed by atoms with Gasteiger partial charge in [-0.05, 0) is 11.8 Å². The molecule has 1 rings (SSSR count). The predicted molar refractivity (Wildman–Crippen MR) is 29.4 cm³/mol. The molecule has 0 atom stereocenters. The smallest absolute Gasteiger partial charge is 0.0239 e. The van der Waals surface area contributed by atoms with Crippen LogP contribution in [0.15, 0.2) is 17.6 Å². The van der Waals surface area contributed by atoms with Crippen molar-refractivity contribution in [3.8, 4) is 0 Å². The maximum absolute atomic E-state index is 2.96.